The van der Waals surface area contributed by atoms with Gasteiger partial charge in [-0.25, -0.2) is 4.79 Å². The molecule has 7 heteroatoms. The third kappa shape index (κ3) is 3.23. The van der Waals surface area contributed by atoms with Gasteiger partial charge in [0.05, 0.1) is 13.5 Å². The van der Waals surface area contributed by atoms with Gasteiger partial charge in [-0.2, -0.15) is 0 Å². The summed E-state index contributed by atoms with van der Waals surface area (Å²) in [5.74, 6) is -0.651. The Bertz CT molecular complexity index is 847. The molecule has 7 nitrogen and oxygen atoms in total. The van der Waals surface area contributed by atoms with Crippen molar-refractivity contribution in [1.82, 2.24) is 5.16 Å². The third-order valence-electron chi connectivity index (χ3n) is 3.19. The number of carbonyl (C=O) groups is 2. The number of hydrogen-bond donors (Lipinski definition) is 0. The number of esters is 2. The lowest BCUT2D eigenvalue weighted by atomic mass is 10.2. The minimum absolute atomic E-state index is 0.0123. The number of rotatable bonds is 5. The smallest absolute Gasteiger partial charge is 0.373 e. The average molecular weight is 315 g/mol. The monoisotopic (exact) mass is 315 g/mol. The lowest BCUT2D eigenvalue weighted by Gasteiger charge is -2.01. The highest BCUT2D eigenvalue weighted by molar-refractivity contribution is 5.86. The second-order valence-corrected chi connectivity index (χ2v) is 4.72. The van der Waals surface area contributed by atoms with E-state index >= 15 is 0 Å². The molecule has 0 bridgehead atoms. The van der Waals surface area contributed by atoms with Gasteiger partial charge in [-0.05, 0) is 24.3 Å². The number of para-hydroxylation sites is 1. The van der Waals surface area contributed by atoms with E-state index in [1.807, 2.05) is 18.2 Å². The minimum atomic E-state index is -0.586. The topological polar surface area (TPSA) is 91.8 Å². The molecule has 3 rings (SSSR count). The van der Waals surface area contributed by atoms with Crippen molar-refractivity contribution in [1.29, 1.82) is 0 Å². The van der Waals surface area contributed by atoms with Crippen LogP contribution in [-0.4, -0.2) is 24.2 Å². The Morgan fingerprint density at radius 3 is 2.83 bits per heavy atom. The van der Waals surface area contributed by atoms with Gasteiger partial charge in [0.25, 0.3) is 0 Å². The van der Waals surface area contributed by atoms with Crippen LogP contribution in [0.15, 0.2) is 45.3 Å². The molecule has 0 atom stereocenters. The van der Waals surface area contributed by atoms with Crippen LogP contribution in [0.2, 0.25) is 0 Å². The predicted octanol–water partition coefficient (Wildman–Crippen LogP) is 2.49. The maximum Gasteiger partial charge on any atom is 0.373 e. The zero-order valence-electron chi connectivity index (χ0n) is 12.3. The van der Waals surface area contributed by atoms with E-state index in [4.69, 9.17) is 13.7 Å². The molecule has 0 spiro atoms. The fourth-order valence-corrected chi connectivity index (χ4v) is 2.07. The summed E-state index contributed by atoms with van der Waals surface area (Å²) in [5, 5.41) is 4.64. The van der Waals surface area contributed by atoms with E-state index < -0.39 is 11.9 Å². The second-order valence-electron chi connectivity index (χ2n) is 4.72. The molecule has 0 aliphatic rings. The van der Waals surface area contributed by atoms with Crippen LogP contribution in [-0.2, 0) is 27.3 Å². The Morgan fingerprint density at radius 2 is 2.00 bits per heavy atom. The number of ether oxygens (including phenoxy) is 2. The number of nitrogens with zero attached hydrogens (tertiary/aromatic N) is 1. The van der Waals surface area contributed by atoms with Crippen molar-refractivity contribution < 1.29 is 28.0 Å². The molecular weight excluding hydrogens is 302 g/mol. The number of aromatic nitrogens is 1. The van der Waals surface area contributed by atoms with E-state index in [0.717, 1.165) is 5.39 Å². The molecule has 0 fully saturated rings. The summed E-state index contributed by atoms with van der Waals surface area (Å²) in [6, 6.07) is 10.3. The summed E-state index contributed by atoms with van der Waals surface area (Å²) in [4.78, 5) is 23.1. The van der Waals surface area contributed by atoms with Crippen LogP contribution in [0.1, 0.15) is 22.0 Å². The van der Waals surface area contributed by atoms with Gasteiger partial charge in [0.2, 0.25) is 5.76 Å². The molecule has 23 heavy (non-hydrogen) atoms. The molecule has 118 valence electrons. The first-order valence-corrected chi connectivity index (χ1v) is 6.83. The van der Waals surface area contributed by atoms with Crippen molar-refractivity contribution >= 4 is 22.9 Å². The molecule has 0 saturated carbocycles. The van der Waals surface area contributed by atoms with Crippen molar-refractivity contribution in [2.45, 2.75) is 13.0 Å². The van der Waals surface area contributed by atoms with Crippen molar-refractivity contribution in [2.75, 3.05) is 7.11 Å². The number of carbonyl (C=O) groups excluding carboxylic acids is 2. The van der Waals surface area contributed by atoms with Gasteiger partial charge in [0.15, 0.2) is 5.58 Å². The molecule has 3 aromatic rings. The summed E-state index contributed by atoms with van der Waals surface area (Å²) < 4.78 is 20.0. The van der Waals surface area contributed by atoms with E-state index in [2.05, 4.69) is 9.89 Å². The van der Waals surface area contributed by atoms with Crippen LogP contribution < -0.4 is 0 Å². The lowest BCUT2D eigenvalue weighted by molar-refractivity contribution is -0.144. The maximum atomic E-state index is 11.9. The average Bonchev–Trinajstić information content (AvgIpc) is 3.20. The van der Waals surface area contributed by atoms with Crippen LogP contribution in [0.25, 0.3) is 11.0 Å². The third-order valence-corrected chi connectivity index (χ3v) is 3.19. The van der Waals surface area contributed by atoms with Crippen LogP contribution in [0.3, 0.4) is 0 Å². The summed E-state index contributed by atoms with van der Waals surface area (Å²) in [7, 11) is 1.26. The van der Waals surface area contributed by atoms with Crippen LogP contribution in [0.5, 0.6) is 0 Å². The van der Waals surface area contributed by atoms with E-state index in [1.54, 1.807) is 12.1 Å². The van der Waals surface area contributed by atoms with Gasteiger partial charge in [0.1, 0.15) is 18.1 Å². The van der Waals surface area contributed by atoms with E-state index in [9.17, 15) is 9.59 Å². The standard InChI is InChI=1S/C16H13NO6/c1-20-16(19)14-7-6-10(22-14)9-21-15(18)8-12-11-4-2-3-5-13(11)23-17-12/h2-7H,8-9H2,1H3. The van der Waals surface area contributed by atoms with Gasteiger partial charge in [-0.15, -0.1) is 0 Å². The van der Waals surface area contributed by atoms with E-state index in [-0.39, 0.29) is 18.8 Å². The Balaban J connectivity index is 1.59. The summed E-state index contributed by atoms with van der Waals surface area (Å²) in [6.07, 6.45) is -0.0123. The van der Waals surface area contributed by atoms with E-state index in [1.165, 1.54) is 13.2 Å². The maximum absolute atomic E-state index is 11.9. The van der Waals surface area contributed by atoms with Crippen molar-refractivity contribution in [3.8, 4) is 0 Å². The van der Waals surface area contributed by atoms with Crippen molar-refractivity contribution in [3.63, 3.8) is 0 Å². The molecule has 0 amide bonds. The highest BCUT2D eigenvalue weighted by Gasteiger charge is 2.15. The highest BCUT2D eigenvalue weighted by atomic mass is 16.6. The van der Waals surface area contributed by atoms with Gasteiger partial charge >= 0.3 is 11.9 Å². The number of methoxy groups -OCH3 is 1. The number of hydrogen-bond acceptors (Lipinski definition) is 7. The zero-order valence-corrected chi connectivity index (χ0v) is 12.3. The second kappa shape index (κ2) is 6.35. The highest BCUT2D eigenvalue weighted by Crippen LogP contribution is 2.18. The zero-order chi connectivity index (χ0) is 16.2. The Hall–Kier alpha value is -3.09. The van der Waals surface area contributed by atoms with Gasteiger partial charge in [-0.3, -0.25) is 4.79 Å². The molecular formula is C16H13NO6. The first-order chi connectivity index (χ1) is 11.2. The van der Waals surface area contributed by atoms with Gasteiger partial charge < -0.3 is 18.4 Å². The Labute approximate surface area is 130 Å². The quantitative estimate of drug-likeness (QED) is 0.668. The fourth-order valence-electron chi connectivity index (χ4n) is 2.07. The Kier molecular flexibility index (Phi) is 4.09. The predicted molar refractivity (Wildman–Crippen MR) is 77.6 cm³/mol. The molecule has 2 aromatic heterocycles. The molecule has 1 aromatic carbocycles. The lowest BCUT2D eigenvalue weighted by Crippen LogP contribution is -2.08. The normalized spacial score (nSPS) is 10.7. The van der Waals surface area contributed by atoms with Crippen molar-refractivity contribution in [3.05, 3.63) is 53.6 Å². The van der Waals surface area contributed by atoms with Gasteiger partial charge in [-0.1, -0.05) is 17.3 Å². The first kappa shape index (κ1) is 14.8. The molecule has 0 radical (unpaired) electrons. The molecule has 2 heterocycles. The molecule has 0 aliphatic heterocycles. The Morgan fingerprint density at radius 1 is 1.17 bits per heavy atom. The molecule has 0 unspecified atom stereocenters. The van der Waals surface area contributed by atoms with E-state index in [0.29, 0.717) is 17.0 Å². The van der Waals surface area contributed by atoms with Crippen LogP contribution in [0.4, 0.5) is 0 Å². The summed E-state index contributed by atoms with van der Waals surface area (Å²) in [5.41, 5.74) is 1.13. The molecule has 0 aliphatic carbocycles. The largest absolute Gasteiger partial charge is 0.463 e. The number of benzene rings is 1. The SMILES string of the molecule is COC(=O)c1ccc(COC(=O)Cc2noc3ccccc23)o1. The molecule has 0 saturated heterocycles. The van der Waals surface area contributed by atoms with Crippen molar-refractivity contribution in [2.24, 2.45) is 0 Å². The summed E-state index contributed by atoms with van der Waals surface area (Å²) >= 11 is 0. The fraction of sp³-hybridized carbons (Fsp3) is 0.188. The molecule has 0 N–H and O–H groups in total. The summed E-state index contributed by atoms with van der Waals surface area (Å²) in [6.45, 7) is -0.0778. The van der Waals surface area contributed by atoms with Gasteiger partial charge in [0, 0.05) is 5.39 Å². The van der Waals surface area contributed by atoms with Crippen LogP contribution in [0, 0.1) is 0 Å². The minimum Gasteiger partial charge on any atom is -0.463 e. The first-order valence-electron chi connectivity index (χ1n) is 6.83. The number of fused-ring (bicyclic) bond motifs is 1. The van der Waals surface area contributed by atoms with Crippen LogP contribution >= 0.6 is 0 Å². The number of furan rings is 1.